The number of nitrogens with zero attached hydrogens (tertiary/aromatic N) is 1. The van der Waals surface area contributed by atoms with Crippen LogP contribution >= 0.6 is 27.5 Å². The number of halogens is 2. The molecular formula is C31H34BrClN2O8. The molecule has 10 nitrogen and oxygen atoms in total. The van der Waals surface area contributed by atoms with Crippen molar-refractivity contribution in [2.24, 2.45) is 0 Å². The van der Waals surface area contributed by atoms with E-state index in [1.165, 1.54) is 0 Å². The Balaban J connectivity index is 1.60. The van der Waals surface area contributed by atoms with Gasteiger partial charge in [0.2, 0.25) is 6.79 Å². The van der Waals surface area contributed by atoms with Crippen LogP contribution < -0.4 is 14.8 Å². The highest BCUT2D eigenvalue weighted by atomic mass is 79.9. The fourth-order valence-corrected chi connectivity index (χ4v) is 5.45. The van der Waals surface area contributed by atoms with Crippen LogP contribution in [-0.2, 0) is 36.9 Å². The number of rotatable bonds is 12. The molecule has 12 heteroatoms. The predicted octanol–water partition coefficient (Wildman–Crippen LogP) is 5.89. The SMILES string of the molecule is CCOC(=O)c1c(Br)c(-c2ccc(Cl)cc2)n(Cc2ccc3c(c2)OCO3)c1CNCC(=O)OCCC(=O)OC(C)(C)C. The second-order valence-corrected chi connectivity index (χ2v) is 11.9. The van der Waals surface area contributed by atoms with Crippen LogP contribution in [0.2, 0.25) is 5.02 Å². The fourth-order valence-electron chi connectivity index (χ4n) is 4.49. The van der Waals surface area contributed by atoms with Crippen molar-refractivity contribution in [3.05, 3.63) is 68.8 Å². The number of hydrogen-bond donors (Lipinski definition) is 1. The van der Waals surface area contributed by atoms with Crippen LogP contribution in [0.1, 0.15) is 55.7 Å². The minimum Gasteiger partial charge on any atom is -0.464 e. The van der Waals surface area contributed by atoms with Crippen LogP contribution in [0.4, 0.5) is 0 Å². The van der Waals surface area contributed by atoms with Gasteiger partial charge in [-0.1, -0.05) is 29.8 Å². The van der Waals surface area contributed by atoms with E-state index in [9.17, 15) is 14.4 Å². The van der Waals surface area contributed by atoms with Gasteiger partial charge in [-0.05, 0) is 79.0 Å². The summed E-state index contributed by atoms with van der Waals surface area (Å²) in [6, 6.07) is 12.9. The minimum atomic E-state index is -0.617. The molecule has 0 fully saturated rings. The molecule has 1 aromatic heterocycles. The molecule has 0 amide bonds. The van der Waals surface area contributed by atoms with Crippen molar-refractivity contribution in [1.29, 1.82) is 0 Å². The van der Waals surface area contributed by atoms with Crippen molar-refractivity contribution in [2.75, 3.05) is 26.6 Å². The maximum absolute atomic E-state index is 13.3. The van der Waals surface area contributed by atoms with Crippen LogP contribution in [0.5, 0.6) is 11.5 Å². The molecule has 0 atom stereocenters. The van der Waals surface area contributed by atoms with Gasteiger partial charge in [-0.2, -0.15) is 0 Å². The molecular weight excluding hydrogens is 644 g/mol. The van der Waals surface area contributed by atoms with Crippen LogP contribution in [-0.4, -0.2) is 54.6 Å². The molecule has 43 heavy (non-hydrogen) atoms. The molecule has 1 aliphatic rings. The topological polar surface area (TPSA) is 114 Å². The third-order valence-corrected chi connectivity index (χ3v) is 7.26. The van der Waals surface area contributed by atoms with E-state index >= 15 is 0 Å². The lowest BCUT2D eigenvalue weighted by atomic mass is 10.1. The second-order valence-electron chi connectivity index (χ2n) is 10.6. The number of carbonyl (C=O) groups is 3. The summed E-state index contributed by atoms with van der Waals surface area (Å²) in [5.41, 5.74) is 2.76. The van der Waals surface area contributed by atoms with E-state index < -0.39 is 23.5 Å². The van der Waals surface area contributed by atoms with Gasteiger partial charge in [-0.15, -0.1) is 0 Å². The van der Waals surface area contributed by atoms with Crippen LogP contribution in [0.3, 0.4) is 0 Å². The van der Waals surface area contributed by atoms with E-state index in [0.29, 0.717) is 38.8 Å². The monoisotopic (exact) mass is 676 g/mol. The highest BCUT2D eigenvalue weighted by Gasteiger charge is 2.28. The van der Waals surface area contributed by atoms with E-state index in [0.717, 1.165) is 16.8 Å². The van der Waals surface area contributed by atoms with Gasteiger partial charge in [-0.3, -0.25) is 9.59 Å². The van der Waals surface area contributed by atoms with Crippen LogP contribution in [0.15, 0.2) is 46.9 Å². The first-order chi connectivity index (χ1) is 20.5. The number of benzene rings is 2. The van der Waals surface area contributed by atoms with Gasteiger partial charge in [0.25, 0.3) is 0 Å². The van der Waals surface area contributed by atoms with Gasteiger partial charge in [0.15, 0.2) is 11.5 Å². The van der Waals surface area contributed by atoms with Crippen LogP contribution in [0, 0.1) is 0 Å². The lowest BCUT2D eigenvalue weighted by Gasteiger charge is -2.19. The number of carbonyl (C=O) groups excluding carboxylic acids is 3. The Morgan fingerprint density at radius 2 is 1.74 bits per heavy atom. The Morgan fingerprint density at radius 1 is 1.02 bits per heavy atom. The summed E-state index contributed by atoms with van der Waals surface area (Å²) >= 11 is 9.84. The summed E-state index contributed by atoms with van der Waals surface area (Å²) in [5.74, 6) is -0.211. The summed E-state index contributed by atoms with van der Waals surface area (Å²) in [6.07, 6.45) is -0.0498. The maximum atomic E-state index is 13.3. The molecule has 0 radical (unpaired) electrons. The average Bonchev–Trinajstić information content (AvgIpc) is 3.50. The molecule has 0 saturated carbocycles. The number of esters is 3. The molecule has 0 bridgehead atoms. The van der Waals surface area contributed by atoms with Crippen molar-refractivity contribution >= 4 is 45.4 Å². The highest BCUT2D eigenvalue weighted by Crippen LogP contribution is 2.39. The van der Waals surface area contributed by atoms with E-state index in [1.807, 2.05) is 34.9 Å². The van der Waals surface area contributed by atoms with E-state index in [2.05, 4.69) is 21.2 Å². The third-order valence-electron chi connectivity index (χ3n) is 6.24. The smallest absolute Gasteiger partial charge is 0.341 e. The third kappa shape index (κ3) is 8.52. The summed E-state index contributed by atoms with van der Waals surface area (Å²) in [7, 11) is 0. The zero-order valence-corrected chi connectivity index (χ0v) is 26.8. The molecule has 0 aliphatic carbocycles. The molecule has 0 unspecified atom stereocenters. The van der Waals surface area contributed by atoms with Crippen molar-refractivity contribution in [2.45, 2.75) is 52.8 Å². The van der Waals surface area contributed by atoms with Gasteiger partial charge in [0.05, 0.1) is 35.3 Å². The molecule has 2 heterocycles. The second kappa shape index (κ2) is 14.3. The lowest BCUT2D eigenvalue weighted by molar-refractivity contribution is -0.157. The molecule has 4 rings (SSSR count). The van der Waals surface area contributed by atoms with Gasteiger partial charge < -0.3 is 33.6 Å². The summed E-state index contributed by atoms with van der Waals surface area (Å²) in [5, 5.41) is 3.65. The van der Waals surface area contributed by atoms with Gasteiger partial charge in [0, 0.05) is 23.8 Å². The van der Waals surface area contributed by atoms with Crippen molar-refractivity contribution in [3.63, 3.8) is 0 Å². The largest absolute Gasteiger partial charge is 0.464 e. The van der Waals surface area contributed by atoms with Crippen molar-refractivity contribution in [3.8, 4) is 22.8 Å². The van der Waals surface area contributed by atoms with Crippen LogP contribution in [0.25, 0.3) is 11.3 Å². The van der Waals surface area contributed by atoms with E-state index in [1.54, 1.807) is 39.8 Å². The number of ether oxygens (including phenoxy) is 5. The normalized spacial score (nSPS) is 12.2. The lowest BCUT2D eigenvalue weighted by Crippen LogP contribution is -2.28. The predicted molar refractivity (Wildman–Crippen MR) is 163 cm³/mol. The van der Waals surface area contributed by atoms with Crippen molar-refractivity contribution < 1.29 is 38.1 Å². The van der Waals surface area contributed by atoms with E-state index in [4.69, 9.17) is 35.3 Å². The molecule has 230 valence electrons. The number of aromatic nitrogens is 1. The molecule has 3 aromatic rings. The Hall–Kier alpha value is -3.54. The van der Waals surface area contributed by atoms with Gasteiger partial charge in [-0.25, -0.2) is 4.79 Å². The Labute approximate surface area is 263 Å². The first kappa shape index (κ1) is 32.4. The summed E-state index contributed by atoms with van der Waals surface area (Å²) < 4.78 is 29.4. The molecule has 2 aromatic carbocycles. The highest BCUT2D eigenvalue weighted by molar-refractivity contribution is 9.10. The molecule has 0 saturated heterocycles. The summed E-state index contributed by atoms with van der Waals surface area (Å²) in [4.78, 5) is 37.6. The zero-order chi connectivity index (χ0) is 31.1. The quantitative estimate of drug-likeness (QED) is 0.185. The fraction of sp³-hybridized carbons (Fsp3) is 0.387. The molecule has 1 aliphatic heterocycles. The van der Waals surface area contributed by atoms with Gasteiger partial charge in [0.1, 0.15) is 12.2 Å². The van der Waals surface area contributed by atoms with Gasteiger partial charge >= 0.3 is 17.9 Å². The number of fused-ring (bicyclic) bond motifs is 1. The summed E-state index contributed by atoms with van der Waals surface area (Å²) in [6.45, 7) is 7.62. The average molecular weight is 678 g/mol. The number of nitrogens with one attached hydrogen (secondary N) is 1. The minimum absolute atomic E-state index is 0.0498. The number of hydrogen-bond acceptors (Lipinski definition) is 9. The molecule has 0 spiro atoms. The Kier molecular flexibility index (Phi) is 10.8. The standard InChI is InChI=1S/C31H34BrClN2O8/c1-5-39-30(38)27-22(15-34-16-26(37)40-13-12-25(36)43-31(2,3)4)35(17-19-6-11-23-24(14-19)42-18-41-23)29(28(27)32)20-7-9-21(33)10-8-20/h6-11,14,34H,5,12-13,15-18H2,1-4H3. The first-order valence-corrected chi connectivity index (χ1v) is 14.9. The molecule has 1 N–H and O–H groups in total. The first-order valence-electron chi connectivity index (χ1n) is 13.8. The Bertz CT molecular complexity index is 1480. The Morgan fingerprint density at radius 3 is 2.44 bits per heavy atom. The zero-order valence-electron chi connectivity index (χ0n) is 24.5. The maximum Gasteiger partial charge on any atom is 0.341 e. The van der Waals surface area contributed by atoms with E-state index in [-0.39, 0.29) is 39.5 Å². The van der Waals surface area contributed by atoms with Crippen molar-refractivity contribution in [1.82, 2.24) is 9.88 Å².